The van der Waals surface area contributed by atoms with Crippen LogP contribution < -0.4 is 10.6 Å². The molecule has 1 aromatic carbocycles. The summed E-state index contributed by atoms with van der Waals surface area (Å²) in [5, 5.41) is 9.77. The van der Waals surface area contributed by atoms with Gasteiger partial charge in [-0.1, -0.05) is 6.07 Å². The van der Waals surface area contributed by atoms with Gasteiger partial charge in [-0.2, -0.15) is 0 Å². The third-order valence-electron chi connectivity index (χ3n) is 2.35. The lowest BCUT2D eigenvalue weighted by Crippen LogP contribution is -2.17. The van der Waals surface area contributed by atoms with E-state index in [2.05, 4.69) is 0 Å². The fourth-order valence-corrected chi connectivity index (χ4v) is 1.59. The molecule has 0 aliphatic carbocycles. The second-order valence-electron chi connectivity index (χ2n) is 3.79. The quantitative estimate of drug-likeness (QED) is 0.822. The lowest BCUT2D eigenvalue weighted by atomic mass is 10.0. The van der Waals surface area contributed by atoms with E-state index in [4.69, 9.17) is 5.73 Å². The van der Waals surface area contributed by atoms with Crippen molar-refractivity contribution in [2.45, 2.75) is 12.5 Å². The fraction of sp³-hybridized carbons (Fsp3) is 0.455. The van der Waals surface area contributed by atoms with Crippen molar-refractivity contribution in [1.82, 2.24) is 0 Å². The predicted molar refractivity (Wildman–Crippen MR) is 59.3 cm³/mol. The second kappa shape index (κ2) is 5.23. The molecule has 3 nitrogen and oxygen atoms in total. The Balaban J connectivity index is 3.23. The van der Waals surface area contributed by atoms with E-state index in [1.54, 1.807) is 14.1 Å². The third kappa shape index (κ3) is 2.48. The van der Waals surface area contributed by atoms with Gasteiger partial charge >= 0.3 is 0 Å². The molecule has 1 aromatic rings. The largest absolute Gasteiger partial charge is 0.388 e. The van der Waals surface area contributed by atoms with E-state index in [1.807, 2.05) is 0 Å². The van der Waals surface area contributed by atoms with E-state index in [-0.39, 0.29) is 12.2 Å². The average molecular weight is 230 g/mol. The summed E-state index contributed by atoms with van der Waals surface area (Å²) in [5.74, 6) is -1.87. The summed E-state index contributed by atoms with van der Waals surface area (Å²) in [6.07, 6.45) is -0.566. The van der Waals surface area contributed by atoms with Crippen LogP contribution in [-0.4, -0.2) is 25.7 Å². The standard InChI is InChI=1S/C11H16F2N2O/c1-15(2)11-7(9(16)5-6-14)3-4-8(12)10(11)13/h3-4,9,16H,5-6,14H2,1-2H3. The smallest absolute Gasteiger partial charge is 0.182 e. The van der Waals surface area contributed by atoms with E-state index < -0.39 is 17.7 Å². The number of hydrogen-bond donors (Lipinski definition) is 2. The molecule has 1 unspecified atom stereocenters. The summed E-state index contributed by atoms with van der Waals surface area (Å²) in [6.45, 7) is 0.285. The highest BCUT2D eigenvalue weighted by Gasteiger charge is 2.19. The molecule has 0 aromatic heterocycles. The number of halogens is 2. The third-order valence-corrected chi connectivity index (χ3v) is 2.35. The Hall–Kier alpha value is -1.20. The molecule has 0 bridgehead atoms. The Labute approximate surface area is 93.5 Å². The van der Waals surface area contributed by atoms with Gasteiger partial charge in [0.1, 0.15) is 0 Å². The Morgan fingerprint density at radius 2 is 2.00 bits per heavy atom. The van der Waals surface area contributed by atoms with Gasteiger partial charge in [-0.3, -0.25) is 0 Å². The number of rotatable bonds is 4. The van der Waals surface area contributed by atoms with Gasteiger partial charge in [-0.15, -0.1) is 0 Å². The summed E-state index contributed by atoms with van der Waals surface area (Å²) >= 11 is 0. The highest BCUT2D eigenvalue weighted by Crippen LogP contribution is 2.30. The first-order chi connectivity index (χ1) is 7.49. The molecule has 1 atom stereocenters. The molecule has 0 spiro atoms. The van der Waals surface area contributed by atoms with Gasteiger partial charge in [0.2, 0.25) is 0 Å². The van der Waals surface area contributed by atoms with Crippen molar-refractivity contribution in [3.05, 3.63) is 29.3 Å². The van der Waals surface area contributed by atoms with Crippen molar-refractivity contribution < 1.29 is 13.9 Å². The minimum absolute atomic E-state index is 0.0703. The van der Waals surface area contributed by atoms with Gasteiger partial charge in [0.15, 0.2) is 11.6 Å². The van der Waals surface area contributed by atoms with Gasteiger partial charge < -0.3 is 15.7 Å². The van der Waals surface area contributed by atoms with Crippen LogP contribution in [0.25, 0.3) is 0 Å². The highest BCUT2D eigenvalue weighted by molar-refractivity contribution is 5.55. The number of benzene rings is 1. The molecule has 5 heteroatoms. The van der Waals surface area contributed by atoms with Crippen LogP contribution in [0.4, 0.5) is 14.5 Å². The second-order valence-corrected chi connectivity index (χ2v) is 3.79. The minimum Gasteiger partial charge on any atom is -0.388 e. The van der Waals surface area contributed by atoms with Crippen LogP contribution in [0.2, 0.25) is 0 Å². The number of nitrogens with zero attached hydrogens (tertiary/aromatic N) is 1. The summed E-state index contributed by atoms with van der Waals surface area (Å²) in [6, 6.07) is 2.39. The van der Waals surface area contributed by atoms with Crippen LogP contribution in [0.3, 0.4) is 0 Å². The zero-order valence-electron chi connectivity index (χ0n) is 9.37. The van der Waals surface area contributed by atoms with Gasteiger partial charge in [0.25, 0.3) is 0 Å². The zero-order chi connectivity index (χ0) is 12.3. The molecular formula is C11H16F2N2O. The number of hydrogen-bond acceptors (Lipinski definition) is 3. The van der Waals surface area contributed by atoms with Gasteiger partial charge in [-0.25, -0.2) is 8.78 Å². The van der Waals surface area contributed by atoms with Crippen molar-refractivity contribution in [2.24, 2.45) is 5.73 Å². The Morgan fingerprint density at radius 1 is 1.38 bits per heavy atom. The molecule has 16 heavy (non-hydrogen) atoms. The van der Waals surface area contributed by atoms with Crippen molar-refractivity contribution in [3.63, 3.8) is 0 Å². The van der Waals surface area contributed by atoms with E-state index in [0.29, 0.717) is 12.0 Å². The highest BCUT2D eigenvalue weighted by atomic mass is 19.2. The fourth-order valence-electron chi connectivity index (χ4n) is 1.59. The van der Waals surface area contributed by atoms with Crippen molar-refractivity contribution >= 4 is 5.69 Å². The van der Waals surface area contributed by atoms with E-state index in [0.717, 1.165) is 6.07 Å². The molecule has 0 saturated heterocycles. The van der Waals surface area contributed by atoms with E-state index in [1.165, 1.54) is 11.0 Å². The van der Waals surface area contributed by atoms with Crippen molar-refractivity contribution in [3.8, 4) is 0 Å². The number of aliphatic hydroxyl groups excluding tert-OH is 1. The van der Waals surface area contributed by atoms with Crippen molar-refractivity contribution in [2.75, 3.05) is 25.5 Å². The lowest BCUT2D eigenvalue weighted by Gasteiger charge is -2.21. The summed E-state index contributed by atoms with van der Waals surface area (Å²) < 4.78 is 26.6. The average Bonchev–Trinajstić information content (AvgIpc) is 2.21. The molecule has 0 saturated carbocycles. The van der Waals surface area contributed by atoms with Crippen LogP contribution >= 0.6 is 0 Å². The lowest BCUT2D eigenvalue weighted by molar-refractivity contribution is 0.170. The molecule has 1 rings (SSSR count). The number of anilines is 1. The van der Waals surface area contributed by atoms with Crippen LogP contribution in [0.15, 0.2) is 12.1 Å². The van der Waals surface area contributed by atoms with Crippen LogP contribution in [0.5, 0.6) is 0 Å². The molecule has 90 valence electrons. The van der Waals surface area contributed by atoms with Gasteiger partial charge in [0, 0.05) is 19.7 Å². The predicted octanol–water partition coefficient (Wildman–Crippen LogP) is 1.41. The van der Waals surface area contributed by atoms with E-state index in [9.17, 15) is 13.9 Å². The number of aliphatic hydroxyl groups is 1. The van der Waals surface area contributed by atoms with Crippen molar-refractivity contribution in [1.29, 1.82) is 0 Å². The molecule has 0 radical (unpaired) electrons. The number of nitrogens with two attached hydrogens (primary N) is 1. The SMILES string of the molecule is CN(C)c1c(C(O)CCN)ccc(F)c1F. The first-order valence-corrected chi connectivity index (χ1v) is 5.02. The summed E-state index contributed by atoms with van der Waals surface area (Å²) in [5.41, 5.74) is 5.75. The maximum atomic E-state index is 13.6. The van der Waals surface area contributed by atoms with Crippen LogP contribution in [-0.2, 0) is 0 Å². The molecule has 0 amide bonds. The zero-order valence-corrected chi connectivity index (χ0v) is 9.37. The maximum absolute atomic E-state index is 13.6. The van der Waals surface area contributed by atoms with Crippen LogP contribution in [0.1, 0.15) is 18.1 Å². The molecule has 0 aliphatic heterocycles. The Kier molecular flexibility index (Phi) is 4.20. The van der Waals surface area contributed by atoms with E-state index >= 15 is 0 Å². The normalized spacial score (nSPS) is 12.6. The minimum atomic E-state index is -0.946. The van der Waals surface area contributed by atoms with Gasteiger partial charge in [0.05, 0.1) is 11.8 Å². The topological polar surface area (TPSA) is 49.5 Å². The molecule has 0 aliphatic rings. The van der Waals surface area contributed by atoms with Gasteiger partial charge in [-0.05, 0) is 19.0 Å². The molecule has 3 N–H and O–H groups in total. The summed E-state index contributed by atoms with van der Waals surface area (Å²) in [7, 11) is 3.19. The Morgan fingerprint density at radius 3 is 2.50 bits per heavy atom. The Bertz CT molecular complexity index is 369. The monoisotopic (exact) mass is 230 g/mol. The van der Waals surface area contributed by atoms with Crippen LogP contribution in [0, 0.1) is 11.6 Å². The maximum Gasteiger partial charge on any atom is 0.182 e. The molecular weight excluding hydrogens is 214 g/mol. The first kappa shape index (κ1) is 12.9. The molecule has 0 fully saturated rings. The first-order valence-electron chi connectivity index (χ1n) is 5.02. The summed E-state index contributed by atoms with van der Waals surface area (Å²) in [4.78, 5) is 1.44. The molecule has 0 heterocycles.